The zero-order valence-corrected chi connectivity index (χ0v) is 27.2. The van der Waals surface area contributed by atoms with E-state index in [1.807, 2.05) is 24.2 Å². The van der Waals surface area contributed by atoms with Crippen LogP contribution in [0.1, 0.15) is 51.3 Å². The number of alkyl halides is 3. The van der Waals surface area contributed by atoms with Gasteiger partial charge < -0.3 is 4.74 Å². The first kappa shape index (κ1) is 32.6. The number of aromatic nitrogens is 2. The van der Waals surface area contributed by atoms with Gasteiger partial charge in [-0.05, 0) is 74.5 Å². The third-order valence-corrected chi connectivity index (χ3v) is 9.53. The van der Waals surface area contributed by atoms with Gasteiger partial charge in [-0.1, -0.05) is 41.5 Å². The summed E-state index contributed by atoms with van der Waals surface area (Å²) in [5.74, 6) is 5.72. The minimum Gasteiger partial charge on any atom is -0.378 e. The average Bonchev–Trinajstić information content (AvgIpc) is 3.60. The van der Waals surface area contributed by atoms with Crippen molar-refractivity contribution in [2.75, 3.05) is 33.4 Å². The van der Waals surface area contributed by atoms with E-state index < -0.39 is 11.7 Å². The van der Waals surface area contributed by atoms with Crippen molar-refractivity contribution >= 4 is 40.4 Å². The number of rotatable bonds is 7. The Bertz CT molecular complexity index is 1790. The van der Waals surface area contributed by atoms with Crippen LogP contribution >= 0.6 is 34.5 Å². The van der Waals surface area contributed by atoms with E-state index in [9.17, 15) is 18.0 Å². The van der Waals surface area contributed by atoms with Crippen LogP contribution in [0.5, 0.6) is 0 Å². The summed E-state index contributed by atoms with van der Waals surface area (Å²) >= 11 is 14.3. The lowest BCUT2D eigenvalue weighted by Crippen LogP contribution is -2.47. The van der Waals surface area contributed by atoms with E-state index in [2.05, 4.69) is 22.2 Å². The molecule has 0 bridgehead atoms. The maximum absolute atomic E-state index is 13.9. The van der Waals surface area contributed by atoms with Crippen LogP contribution in [0.3, 0.4) is 0 Å². The number of nitrogens with one attached hydrogen (secondary N) is 1. The molecule has 0 atom stereocenters. The van der Waals surface area contributed by atoms with Crippen molar-refractivity contribution in [3.8, 4) is 28.1 Å². The second-order valence-corrected chi connectivity index (χ2v) is 13.2. The largest absolute Gasteiger partial charge is 0.416 e. The van der Waals surface area contributed by atoms with Crippen LogP contribution in [0.2, 0.25) is 10.0 Å². The number of hydrazine groups is 1. The second-order valence-electron chi connectivity index (χ2n) is 11.3. The Hall–Kier alpha value is -3.37. The van der Waals surface area contributed by atoms with Crippen LogP contribution in [-0.2, 0) is 17.5 Å². The van der Waals surface area contributed by atoms with Gasteiger partial charge >= 0.3 is 6.18 Å². The minimum absolute atomic E-state index is 0.196. The lowest BCUT2D eigenvalue weighted by Gasteiger charge is -2.34. The number of piperidine rings is 1. The van der Waals surface area contributed by atoms with Gasteiger partial charge in [0.25, 0.3) is 5.91 Å². The van der Waals surface area contributed by atoms with Crippen LogP contribution in [0.15, 0.2) is 54.6 Å². The fourth-order valence-electron chi connectivity index (χ4n) is 5.33. The molecule has 2 aromatic carbocycles. The summed E-state index contributed by atoms with van der Waals surface area (Å²) in [6.45, 7) is 3.15. The van der Waals surface area contributed by atoms with E-state index in [1.165, 1.54) is 23.5 Å². The van der Waals surface area contributed by atoms with Crippen molar-refractivity contribution in [2.24, 2.45) is 0 Å². The number of halogens is 5. The summed E-state index contributed by atoms with van der Waals surface area (Å²) in [4.78, 5) is 17.5. The third kappa shape index (κ3) is 7.28. The molecule has 4 aromatic rings. The van der Waals surface area contributed by atoms with Crippen molar-refractivity contribution in [1.29, 1.82) is 0 Å². The molecule has 0 radical (unpaired) electrons. The Balaban J connectivity index is 1.42. The van der Waals surface area contributed by atoms with Gasteiger partial charge in [-0.25, -0.2) is 9.69 Å². The molecular weight excluding hydrogens is 658 g/mol. The monoisotopic (exact) mass is 687 g/mol. The number of likely N-dealkylation sites (N-methyl/N-ethyl adjacent to an activating group) is 1. The van der Waals surface area contributed by atoms with Crippen molar-refractivity contribution < 1.29 is 22.7 Å². The van der Waals surface area contributed by atoms with Crippen molar-refractivity contribution in [3.05, 3.63) is 91.9 Å². The third-order valence-electron chi connectivity index (χ3n) is 7.99. The summed E-state index contributed by atoms with van der Waals surface area (Å²) < 4.78 is 46.1. The van der Waals surface area contributed by atoms with Crippen LogP contribution in [-0.4, -0.2) is 65.0 Å². The standard InChI is InChI=1S/C33H30Cl2F3N5O2S/c1-41(24-19-45-20-24)18-26-30(32(44)40-42-15-3-2-4-16-42)39-43(28-13-10-23(34)17-27(28)35)31(26)29-14-12-25(46-29)11-7-21-5-8-22(9-6-21)33(36,37)38/h5-6,8-10,12-14,17,24H,2-4,15-16,18-20H2,1H3,(H,40,44). The van der Waals surface area contributed by atoms with E-state index in [1.54, 1.807) is 22.9 Å². The van der Waals surface area contributed by atoms with E-state index in [0.29, 0.717) is 51.6 Å². The van der Waals surface area contributed by atoms with Crippen LogP contribution < -0.4 is 5.43 Å². The molecule has 2 aliphatic heterocycles. The van der Waals surface area contributed by atoms with Gasteiger partial charge in [0.15, 0.2) is 5.69 Å². The molecule has 2 fully saturated rings. The van der Waals surface area contributed by atoms with Crippen LogP contribution in [0.4, 0.5) is 13.2 Å². The zero-order valence-electron chi connectivity index (χ0n) is 24.8. The minimum atomic E-state index is -4.41. The van der Waals surface area contributed by atoms with E-state index in [4.69, 9.17) is 33.0 Å². The molecule has 0 saturated carbocycles. The number of hydrogen-bond donors (Lipinski definition) is 1. The first-order valence-electron chi connectivity index (χ1n) is 14.8. The highest BCUT2D eigenvalue weighted by Gasteiger charge is 2.32. The molecule has 46 heavy (non-hydrogen) atoms. The average molecular weight is 689 g/mol. The molecule has 2 aliphatic rings. The molecule has 1 N–H and O–H groups in total. The van der Waals surface area contributed by atoms with Gasteiger partial charge in [-0.3, -0.25) is 15.1 Å². The molecule has 0 unspecified atom stereocenters. The van der Waals surface area contributed by atoms with Gasteiger partial charge in [-0.15, -0.1) is 11.3 Å². The van der Waals surface area contributed by atoms with Crippen molar-refractivity contribution in [1.82, 2.24) is 25.1 Å². The lowest BCUT2D eigenvalue weighted by molar-refractivity contribution is -0.137. The lowest BCUT2D eigenvalue weighted by atomic mass is 10.1. The number of ether oxygens (including phenoxy) is 1. The fraction of sp³-hybridized carbons (Fsp3) is 0.333. The highest BCUT2D eigenvalue weighted by Crippen LogP contribution is 2.37. The summed E-state index contributed by atoms with van der Waals surface area (Å²) in [6, 6.07) is 13.8. The number of hydrogen-bond acceptors (Lipinski definition) is 6. The van der Waals surface area contributed by atoms with Crippen molar-refractivity contribution in [3.63, 3.8) is 0 Å². The van der Waals surface area contributed by atoms with Crippen LogP contribution in [0, 0.1) is 11.8 Å². The smallest absolute Gasteiger partial charge is 0.378 e. The Morgan fingerprint density at radius 1 is 1.07 bits per heavy atom. The molecule has 13 heteroatoms. The Morgan fingerprint density at radius 2 is 1.80 bits per heavy atom. The Labute approximate surface area is 278 Å². The molecule has 240 valence electrons. The number of carbonyl (C=O) groups excluding carboxylic acids is 1. The molecule has 6 rings (SSSR count). The molecule has 2 aromatic heterocycles. The van der Waals surface area contributed by atoms with Crippen LogP contribution in [0.25, 0.3) is 16.3 Å². The predicted octanol–water partition coefficient (Wildman–Crippen LogP) is 7.29. The van der Waals surface area contributed by atoms with E-state index in [-0.39, 0.29) is 17.6 Å². The number of nitrogens with zero attached hydrogens (tertiary/aromatic N) is 4. The molecule has 7 nitrogen and oxygen atoms in total. The van der Waals surface area contributed by atoms with Gasteiger partial charge in [0.05, 0.1) is 51.0 Å². The number of benzene rings is 2. The second kappa shape index (κ2) is 13.8. The first-order valence-corrected chi connectivity index (χ1v) is 16.3. The van der Waals surface area contributed by atoms with E-state index >= 15 is 0 Å². The molecule has 0 aliphatic carbocycles. The SMILES string of the molecule is CN(Cc1c(C(=O)NN2CCCCC2)nn(-c2ccc(Cl)cc2Cl)c1-c1ccc(C#Cc2ccc(C(F)(F)F)cc2)s1)C1COC1. The topological polar surface area (TPSA) is 62.6 Å². The van der Waals surface area contributed by atoms with Gasteiger partial charge in [-0.2, -0.15) is 18.3 Å². The Morgan fingerprint density at radius 3 is 2.46 bits per heavy atom. The normalized spacial score (nSPS) is 15.8. The predicted molar refractivity (Wildman–Crippen MR) is 173 cm³/mol. The van der Waals surface area contributed by atoms with E-state index in [0.717, 1.165) is 54.9 Å². The zero-order chi connectivity index (χ0) is 32.4. The summed E-state index contributed by atoms with van der Waals surface area (Å²) in [5, 5.41) is 7.64. The highest BCUT2D eigenvalue weighted by molar-refractivity contribution is 7.16. The number of amides is 1. The first-order chi connectivity index (χ1) is 22.1. The van der Waals surface area contributed by atoms with Gasteiger partial charge in [0.1, 0.15) is 0 Å². The quantitative estimate of drug-likeness (QED) is 0.207. The molecule has 1 amide bonds. The summed E-state index contributed by atoms with van der Waals surface area (Å²) in [5.41, 5.74) is 5.04. The molecule has 4 heterocycles. The Kier molecular flexibility index (Phi) is 9.75. The highest BCUT2D eigenvalue weighted by atomic mass is 35.5. The van der Waals surface area contributed by atoms with Gasteiger partial charge in [0.2, 0.25) is 0 Å². The molecule has 2 saturated heterocycles. The summed E-state index contributed by atoms with van der Waals surface area (Å²) in [7, 11) is 1.99. The van der Waals surface area contributed by atoms with Gasteiger partial charge in [0, 0.05) is 35.8 Å². The number of thiophene rings is 1. The van der Waals surface area contributed by atoms with Crippen molar-refractivity contribution in [2.45, 2.75) is 38.0 Å². The summed E-state index contributed by atoms with van der Waals surface area (Å²) in [6.07, 6.45) is -1.28. The maximum Gasteiger partial charge on any atom is 0.416 e. The fourth-order valence-corrected chi connectivity index (χ4v) is 6.74. The molecular formula is C33H30Cl2F3N5O2S. The number of carbonyl (C=O) groups is 1. The maximum atomic E-state index is 13.9. The molecule has 0 spiro atoms.